The fourth-order valence-corrected chi connectivity index (χ4v) is 4.87. The normalized spacial score (nSPS) is 16.1. The molecule has 0 radical (unpaired) electrons. The van der Waals surface area contributed by atoms with Crippen LogP contribution < -0.4 is 5.32 Å². The molecule has 1 amide bonds. The Bertz CT molecular complexity index is 1290. The number of ether oxygens (including phenoxy) is 1. The van der Waals surface area contributed by atoms with Gasteiger partial charge >= 0.3 is 0 Å². The number of carbonyl (C=O) groups is 1. The minimum absolute atomic E-state index is 0.0384. The summed E-state index contributed by atoms with van der Waals surface area (Å²) < 4.78 is 9.31. The molecule has 1 N–H and O–H groups in total. The second kappa shape index (κ2) is 9.48. The van der Waals surface area contributed by atoms with E-state index >= 15 is 0 Å². The van der Waals surface area contributed by atoms with E-state index in [1.807, 2.05) is 42.8 Å². The molecule has 0 saturated carbocycles. The van der Waals surface area contributed by atoms with E-state index in [1.54, 1.807) is 4.52 Å². The van der Waals surface area contributed by atoms with Gasteiger partial charge in [0.25, 0.3) is 0 Å². The van der Waals surface area contributed by atoms with Gasteiger partial charge < -0.3 is 10.1 Å². The number of rotatable bonds is 8. The summed E-state index contributed by atoms with van der Waals surface area (Å²) in [5, 5.41) is 13.8. The molecule has 5 rings (SSSR count). The third-order valence-corrected chi connectivity index (χ3v) is 6.66. The number of hydrogen-bond acceptors (Lipinski definition) is 7. The summed E-state index contributed by atoms with van der Waals surface area (Å²) in [5.74, 6) is 0.947. The number of nitrogens with one attached hydrogen (secondary N) is 1. The Morgan fingerprint density at radius 3 is 2.91 bits per heavy atom. The Balaban J connectivity index is 1.35. The molecule has 0 aliphatic carbocycles. The largest absolute Gasteiger partial charge is 0.376 e. The third-order valence-electron chi connectivity index (χ3n) is 5.73. The minimum Gasteiger partial charge on any atom is -0.376 e. The second-order valence-electron chi connectivity index (χ2n) is 8.30. The third kappa shape index (κ3) is 4.86. The highest BCUT2D eigenvalue weighted by molar-refractivity contribution is 7.99. The maximum Gasteiger partial charge on any atom is 0.230 e. The number of amides is 1. The molecule has 4 aromatic rings. The molecule has 1 atom stereocenters. The molecule has 9 nitrogen and oxygen atoms in total. The highest BCUT2D eigenvalue weighted by atomic mass is 32.2. The van der Waals surface area contributed by atoms with Crippen LogP contribution in [0.2, 0.25) is 0 Å². The van der Waals surface area contributed by atoms with E-state index in [0.29, 0.717) is 24.7 Å². The number of fused-ring (bicyclic) bond motifs is 3. The van der Waals surface area contributed by atoms with Crippen molar-refractivity contribution < 1.29 is 9.53 Å². The van der Waals surface area contributed by atoms with Crippen molar-refractivity contribution in [3.05, 3.63) is 47.5 Å². The molecular weight excluding hydrogens is 438 g/mol. The second-order valence-corrected chi connectivity index (χ2v) is 9.25. The summed E-state index contributed by atoms with van der Waals surface area (Å²) in [5.41, 5.74) is 3.71. The van der Waals surface area contributed by atoms with E-state index < -0.39 is 0 Å². The zero-order chi connectivity index (χ0) is 22.8. The number of hydrogen-bond donors (Lipinski definition) is 1. The van der Waals surface area contributed by atoms with Crippen molar-refractivity contribution in [2.45, 2.75) is 50.9 Å². The van der Waals surface area contributed by atoms with Gasteiger partial charge in [0, 0.05) is 37.2 Å². The zero-order valence-corrected chi connectivity index (χ0v) is 19.6. The van der Waals surface area contributed by atoms with Crippen molar-refractivity contribution >= 4 is 34.2 Å². The number of aryl methyl sites for hydroxylation is 4. The number of nitrogens with zero attached hydrogens (tertiary/aromatic N) is 6. The highest BCUT2D eigenvalue weighted by Gasteiger charge is 2.18. The Morgan fingerprint density at radius 2 is 2.12 bits per heavy atom. The van der Waals surface area contributed by atoms with Crippen LogP contribution in [-0.4, -0.2) is 60.3 Å². The first-order valence-corrected chi connectivity index (χ1v) is 12.2. The van der Waals surface area contributed by atoms with Gasteiger partial charge in [0.05, 0.1) is 23.1 Å². The lowest BCUT2D eigenvalue weighted by Gasteiger charge is -2.10. The van der Waals surface area contributed by atoms with Gasteiger partial charge in [0.15, 0.2) is 16.6 Å². The fourth-order valence-electron chi connectivity index (χ4n) is 4.09. The number of aromatic nitrogens is 6. The predicted molar refractivity (Wildman–Crippen MR) is 126 cm³/mol. The van der Waals surface area contributed by atoms with Crippen molar-refractivity contribution in [1.82, 2.24) is 34.7 Å². The lowest BCUT2D eigenvalue weighted by Crippen LogP contribution is -2.32. The molecule has 1 saturated heterocycles. The Kier molecular flexibility index (Phi) is 6.28. The van der Waals surface area contributed by atoms with Crippen molar-refractivity contribution in [3.8, 4) is 0 Å². The number of para-hydroxylation sites is 1. The molecule has 172 valence electrons. The van der Waals surface area contributed by atoms with Crippen LogP contribution in [0.3, 0.4) is 0 Å². The Labute approximate surface area is 195 Å². The van der Waals surface area contributed by atoms with Crippen LogP contribution in [0.1, 0.15) is 30.1 Å². The number of benzene rings is 1. The Morgan fingerprint density at radius 1 is 1.24 bits per heavy atom. The maximum absolute atomic E-state index is 12.4. The van der Waals surface area contributed by atoms with Crippen molar-refractivity contribution in [3.63, 3.8) is 0 Å². The summed E-state index contributed by atoms with van der Waals surface area (Å²) in [7, 11) is 0. The van der Waals surface area contributed by atoms with Gasteiger partial charge in [-0.05, 0) is 44.9 Å². The van der Waals surface area contributed by atoms with Crippen LogP contribution in [-0.2, 0) is 22.5 Å². The quantitative estimate of drug-likeness (QED) is 0.315. The van der Waals surface area contributed by atoms with Gasteiger partial charge in [-0.15, -0.1) is 5.10 Å². The molecule has 33 heavy (non-hydrogen) atoms. The first-order chi connectivity index (χ1) is 16.1. The molecule has 0 spiro atoms. The van der Waals surface area contributed by atoms with Crippen molar-refractivity contribution in [2.75, 3.05) is 18.9 Å². The average molecular weight is 466 g/mol. The summed E-state index contributed by atoms with van der Waals surface area (Å²) in [6.45, 7) is 6.08. The summed E-state index contributed by atoms with van der Waals surface area (Å²) in [4.78, 5) is 22.0. The lowest BCUT2D eigenvalue weighted by atomic mass is 10.2. The van der Waals surface area contributed by atoms with Gasteiger partial charge in [-0.3, -0.25) is 9.48 Å². The topological polar surface area (TPSA) is 99.2 Å². The van der Waals surface area contributed by atoms with Gasteiger partial charge in [0.2, 0.25) is 5.91 Å². The molecule has 1 aliphatic heterocycles. The monoisotopic (exact) mass is 465 g/mol. The van der Waals surface area contributed by atoms with Crippen LogP contribution in [0, 0.1) is 13.8 Å². The van der Waals surface area contributed by atoms with E-state index in [4.69, 9.17) is 19.8 Å². The highest BCUT2D eigenvalue weighted by Crippen LogP contribution is 2.24. The molecule has 0 bridgehead atoms. The van der Waals surface area contributed by atoms with Gasteiger partial charge in [0.1, 0.15) is 0 Å². The summed E-state index contributed by atoms with van der Waals surface area (Å²) in [6, 6.07) is 9.95. The molecular formula is C23H27N7O2S. The van der Waals surface area contributed by atoms with Crippen LogP contribution in [0.4, 0.5) is 0 Å². The predicted octanol–water partition coefficient (Wildman–Crippen LogP) is 2.72. The molecule has 4 heterocycles. The number of carbonyl (C=O) groups excluding carboxylic acids is 1. The molecule has 1 unspecified atom stereocenters. The van der Waals surface area contributed by atoms with Crippen molar-refractivity contribution in [1.29, 1.82) is 0 Å². The van der Waals surface area contributed by atoms with E-state index in [2.05, 4.69) is 16.5 Å². The SMILES string of the molecule is Cc1cc(C)n(CCc2nc3c4ccccc4nc(SCC(=O)NCC4CCCO4)n3n2)n1. The van der Waals surface area contributed by atoms with Crippen LogP contribution in [0.15, 0.2) is 35.5 Å². The van der Waals surface area contributed by atoms with Crippen LogP contribution >= 0.6 is 11.8 Å². The van der Waals surface area contributed by atoms with E-state index in [9.17, 15) is 4.79 Å². The molecule has 10 heteroatoms. The lowest BCUT2D eigenvalue weighted by molar-refractivity contribution is -0.119. The van der Waals surface area contributed by atoms with Gasteiger partial charge in [-0.25, -0.2) is 9.97 Å². The Hall–Kier alpha value is -2.98. The molecule has 3 aromatic heterocycles. The average Bonchev–Trinajstić information content (AvgIpc) is 3.55. The van der Waals surface area contributed by atoms with Crippen LogP contribution in [0.5, 0.6) is 0 Å². The smallest absolute Gasteiger partial charge is 0.230 e. The standard InChI is InChI=1S/C23H27N7O2S/c1-15-12-16(2)29(27-15)10-9-20-26-22-18-7-3-4-8-19(18)25-23(30(22)28-20)33-14-21(31)24-13-17-6-5-11-32-17/h3-4,7-8,12,17H,5-6,9-11,13-14H2,1-2H3,(H,24,31). The number of thioether (sulfide) groups is 1. The first-order valence-electron chi connectivity index (χ1n) is 11.2. The zero-order valence-electron chi connectivity index (χ0n) is 18.8. The van der Waals surface area contributed by atoms with Gasteiger partial charge in [-0.2, -0.15) is 9.61 Å². The molecule has 1 aliphatic rings. The van der Waals surface area contributed by atoms with Gasteiger partial charge in [-0.1, -0.05) is 23.9 Å². The summed E-state index contributed by atoms with van der Waals surface area (Å²) in [6.07, 6.45) is 2.84. The van der Waals surface area contributed by atoms with E-state index in [1.165, 1.54) is 11.8 Å². The van der Waals surface area contributed by atoms with E-state index in [-0.39, 0.29) is 17.8 Å². The van der Waals surface area contributed by atoms with Crippen LogP contribution in [0.25, 0.3) is 16.6 Å². The first kappa shape index (κ1) is 21.8. The van der Waals surface area contributed by atoms with Crippen molar-refractivity contribution in [2.24, 2.45) is 0 Å². The fraction of sp³-hybridized carbons (Fsp3) is 0.435. The van der Waals surface area contributed by atoms with E-state index in [0.717, 1.165) is 53.2 Å². The summed E-state index contributed by atoms with van der Waals surface area (Å²) >= 11 is 1.37. The molecule has 1 aromatic carbocycles. The molecule has 1 fully saturated rings. The maximum atomic E-state index is 12.4. The minimum atomic E-state index is -0.0384.